The number of carbonyl (C=O) groups excluding carboxylic acids is 2. The number of nitrogens with two attached hydrogens (primary N) is 1. The van der Waals surface area contributed by atoms with Gasteiger partial charge >= 0.3 is 0 Å². The van der Waals surface area contributed by atoms with Crippen molar-refractivity contribution in [3.05, 3.63) is 0 Å². The molecule has 0 bridgehead atoms. The molecule has 0 saturated carbocycles. The molecule has 1 rings (SSSR count). The molecule has 0 aromatic heterocycles. The Hall–Kier alpha value is -1.18. The van der Waals surface area contributed by atoms with E-state index in [0.29, 0.717) is 13.1 Å². The van der Waals surface area contributed by atoms with Crippen molar-refractivity contribution < 1.29 is 14.3 Å². The third kappa shape index (κ3) is 2.74. The molecule has 7 heteroatoms. The standard InChI is InChI=1S/C10H20N4O3/c1-10(2)9(16)12-4-5-14(10)7(6-17-3)8(15)13-11/h7H,4-6,11H2,1-3H3,(H,12,16)(H,13,15). The van der Waals surface area contributed by atoms with Crippen LogP contribution in [0.3, 0.4) is 0 Å². The van der Waals surface area contributed by atoms with Crippen LogP contribution >= 0.6 is 0 Å². The Morgan fingerprint density at radius 2 is 2.35 bits per heavy atom. The number of amides is 2. The third-order valence-electron chi connectivity index (χ3n) is 3.06. The Morgan fingerprint density at radius 3 is 2.88 bits per heavy atom. The molecule has 4 N–H and O–H groups in total. The van der Waals surface area contributed by atoms with Crippen LogP contribution in [0.4, 0.5) is 0 Å². The van der Waals surface area contributed by atoms with Crippen LogP contribution in [0.15, 0.2) is 0 Å². The van der Waals surface area contributed by atoms with Crippen molar-refractivity contribution in [2.45, 2.75) is 25.4 Å². The first-order valence-electron chi connectivity index (χ1n) is 5.49. The summed E-state index contributed by atoms with van der Waals surface area (Å²) in [6.45, 7) is 4.84. The van der Waals surface area contributed by atoms with Gasteiger partial charge in [-0.25, -0.2) is 5.84 Å². The Bertz CT molecular complexity index is 306. The Kier molecular flexibility index (Phi) is 4.44. The summed E-state index contributed by atoms with van der Waals surface area (Å²) in [5.41, 5.74) is 1.35. The number of carbonyl (C=O) groups is 2. The highest BCUT2D eigenvalue weighted by Crippen LogP contribution is 2.21. The van der Waals surface area contributed by atoms with Crippen LogP contribution in [0.5, 0.6) is 0 Å². The van der Waals surface area contributed by atoms with E-state index in [2.05, 4.69) is 10.7 Å². The number of nitrogens with one attached hydrogen (secondary N) is 2. The van der Waals surface area contributed by atoms with E-state index in [4.69, 9.17) is 10.6 Å². The fourth-order valence-corrected chi connectivity index (χ4v) is 2.02. The highest BCUT2D eigenvalue weighted by molar-refractivity contribution is 5.88. The van der Waals surface area contributed by atoms with Crippen molar-refractivity contribution in [2.24, 2.45) is 5.84 Å². The summed E-state index contributed by atoms with van der Waals surface area (Å²) in [6.07, 6.45) is 0. The van der Waals surface area contributed by atoms with E-state index < -0.39 is 11.6 Å². The van der Waals surface area contributed by atoms with Gasteiger partial charge in [0, 0.05) is 20.2 Å². The van der Waals surface area contributed by atoms with Gasteiger partial charge in [0.25, 0.3) is 5.91 Å². The predicted molar refractivity (Wildman–Crippen MR) is 61.8 cm³/mol. The summed E-state index contributed by atoms with van der Waals surface area (Å²) in [5.74, 6) is 4.70. The van der Waals surface area contributed by atoms with Gasteiger partial charge in [-0.3, -0.25) is 19.9 Å². The second-order valence-corrected chi connectivity index (χ2v) is 4.49. The lowest BCUT2D eigenvalue weighted by molar-refractivity contribution is -0.143. The molecule has 2 amide bonds. The molecule has 0 aromatic carbocycles. The van der Waals surface area contributed by atoms with Crippen molar-refractivity contribution in [3.63, 3.8) is 0 Å². The summed E-state index contributed by atoms with van der Waals surface area (Å²) in [7, 11) is 1.51. The zero-order chi connectivity index (χ0) is 13.1. The maximum atomic E-state index is 11.8. The fourth-order valence-electron chi connectivity index (χ4n) is 2.02. The SMILES string of the molecule is COCC(C(=O)NN)N1CCNC(=O)C1(C)C. The van der Waals surface area contributed by atoms with Crippen LogP contribution in [0.2, 0.25) is 0 Å². The number of piperazine rings is 1. The predicted octanol–water partition coefficient (Wildman–Crippen LogP) is -1.80. The van der Waals surface area contributed by atoms with Gasteiger partial charge in [-0.1, -0.05) is 0 Å². The first-order chi connectivity index (χ1) is 7.95. The van der Waals surface area contributed by atoms with Crippen LogP contribution in [0.25, 0.3) is 0 Å². The van der Waals surface area contributed by atoms with Crippen molar-refractivity contribution in [3.8, 4) is 0 Å². The lowest BCUT2D eigenvalue weighted by atomic mass is 9.96. The Balaban J connectivity index is 2.92. The molecular weight excluding hydrogens is 224 g/mol. The molecule has 1 unspecified atom stereocenters. The average Bonchev–Trinajstić information content (AvgIpc) is 2.29. The van der Waals surface area contributed by atoms with Crippen molar-refractivity contribution in [2.75, 3.05) is 26.8 Å². The van der Waals surface area contributed by atoms with Gasteiger partial charge in [0.05, 0.1) is 12.1 Å². The summed E-state index contributed by atoms with van der Waals surface area (Å²) >= 11 is 0. The maximum absolute atomic E-state index is 11.8. The molecule has 0 radical (unpaired) electrons. The van der Waals surface area contributed by atoms with Gasteiger partial charge in [0.15, 0.2) is 0 Å². The lowest BCUT2D eigenvalue weighted by Gasteiger charge is -2.44. The molecule has 0 aliphatic carbocycles. The Morgan fingerprint density at radius 1 is 1.71 bits per heavy atom. The van der Waals surface area contributed by atoms with E-state index >= 15 is 0 Å². The van der Waals surface area contributed by atoms with E-state index in [1.54, 1.807) is 18.7 Å². The minimum absolute atomic E-state index is 0.102. The van der Waals surface area contributed by atoms with Gasteiger partial charge in [0.2, 0.25) is 5.91 Å². The van der Waals surface area contributed by atoms with Crippen molar-refractivity contribution in [1.29, 1.82) is 0 Å². The van der Waals surface area contributed by atoms with Crippen molar-refractivity contribution in [1.82, 2.24) is 15.6 Å². The van der Waals surface area contributed by atoms with Crippen LogP contribution in [-0.4, -0.2) is 55.1 Å². The number of hydrazine groups is 1. The highest BCUT2D eigenvalue weighted by atomic mass is 16.5. The summed E-state index contributed by atoms with van der Waals surface area (Å²) < 4.78 is 5.02. The van der Waals surface area contributed by atoms with E-state index in [-0.39, 0.29) is 18.4 Å². The van der Waals surface area contributed by atoms with Crippen LogP contribution < -0.4 is 16.6 Å². The molecule has 1 aliphatic heterocycles. The van der Waals surface area contributed by atoms with E-state index in [0.717, 1.165) is 0 Å². The fraction of sp³-hybridized carbons (Fsp3) is 0.800. The van der Waals surface area contributed by atoms with E-state index in [9.17, 15) is 9.59 Å². The number of ether oxygens (including phenoxy) is 1. The monoisotopic (exact) mass is 244 g/mol. The highest BCUT2D eigenvalue weighted by Gasteiger charge is 2.43. The molecule has 1 fully saturated rings. The first-order valence-corrected chi connectivity index (χ1v) is 5.49. The minimum atomic E-state index is -0.756. The quantitative estimate of drug-likeness (QED) is 0.308. The molecule has 0 aromatic rings. The van der Waals surface area contributed by atoms with Crippen LogP contribution in [0, 0.1) is 0 Å². The van der Waals surface area contributed by atoms with Crippen LogP contribution in [-0.2, 0) is 14.3 Å². The molecule has 1 atom stereocenters. The number of nitrogens with zero attached hydrogens (tertiary/aromatic N) is 1. The molecule has 98 valence electrons. The molecule has 17 heavy (non-hydrogen) atoms. The van der Waals surface area contributed by atoms with Crippen molar-refractivity contribution >= 4 is 11.8 Å². The number of hydrogen-bond acceptors (Lipinski definition) is 5. The molecule has 1 aliphatic rings. The molecule has 1 saturated heterocycles. The van der Waals surface area contributed by atoms with E-state index in [1.807, 2.05) is 0 Å². The second kappa shape index (κ2) is 5.44. The normalized spacial score (nSPS) is 21.8. The number of hydrogen-bond donors (Lipinski definition) is 3. The summed E-state index contributed by atoms with van der Waals surface area (Å²) in [6, 6.07) is -0.564. The average molecular weight is 244 g/mol. The molecule has 0 spiro atoms. The molecular formula is C10H20N4O3. The topological polar surface area (TPSA) is 96.7 Å². The van der Waals surface area contributed by atoms with Crippen LogP contribution in [0.1, 0.15) is 13.8 Å². The van der Waals surface area contributed by atoms with Gasteiger partial charge in [-0.2, -0.15) is 0 Å². The molecule has 1 heterocycles. The lowest BCUT2D eigenvalue weighted by Crippen LogP contribution is -2.68. The second-order valence-electron chi connectivity index (χ2n) is 4.49. The minimum Gasteiger partial charge on any atom is -0.383 e. The van der Waals surface area contributed by atoms with Gasteiger partial charge in [0.1, 0.15) is 6.04 Å². The maximum Gasteiger partial charge on any atom is 0.253 e. The van der Waals surface area contributed by atoms with Gasteiger partial charge in [-0.05, 0) is 13.8 Å². The van der Waals surface area contributed by atoms with Gasteiger partial charge in [-0.15, -0.1) is 0 Å². The largest absolute Gasteiger partial charge is 0.383 e. The zero-order valence-electron chi connectivity index (χ0n) is 10.4. The smallest absolute Gasteiger partial charge is 0.253 e. The third-order valence-corrected chi connectivity index (χ3v) is 3.06. The Labute approximate surface area is 101 Å². The number of rotatable bonds is 4. The molecule has 7 nitrogen and oxygen atoms in total. The van der Waals surface area contributed by atoms with E-state index in [1.165, 1.54) is 7.11 Å². The van der Waals surface area contributed by atoms with Gasteiger partial charge < -0.3 is 10.1 Å². The summed E-state index contributed by atoms with van der Waals surface area (Å²) in [4.78, 5) is 25.3. The first kappa shape index (κ1) is 13.9. The zero-order valence-corrected chi connectivity index (χ0v) is 10.4. The summed E-state index contributed by atoms with van der Waals surface area (Å²) in [5, 5.41) is 2.77. The number of methoxy groups -OCH3 is 1.